The van der Waals surface area contributed by atoms with Crippen LogP contribution >= 0.6 is 0 Å². The van der Waals surface area contributed by atoms with Crippen LogP contribution in [0.2, 0.25) is 0 Å². The Morgan fingerprint density at radius 2 is 1.81 bits per heavy atom. The third-order valence-corrected chi connectivity index (χ3v) is 8.04. The zero-order chi connectivity index (χ0) is 26.4. The number of nitrogens with zero attached hydrogens (tertiary/aromatic N) is 3. The molecule has 4 rings (SSSR count). The second-order valence-corrected chi connectivity index (χ2v) is 11.3. The summed E-state index contributed by atoms with van der Waals surface area (Å²) in [5.74, 6) is -3.58. The normalized spacial score (nSPS) is 15.4. The van der Waals surface area contributed by atoms with Gasteiger partial charge in [-0.2, -0.15) is 4.98 Å². The number of hydrogen-bond donors (Lipinski definition) is 1. The minimum Gasteiger partial charge on any atom is -0.432 e. The van der Waals surface area contributed by atoms with Crippen molar-refractivity contribution in [3.63, 3.8) is 0 Å². The second-order valence-electron chi connectivity index (χ2n) is 9.21. The number of likely N-dealkylation sites (tertiary alicyclic amines) is 1. The Bertz CT molecular complexity index is 1330. The molecule has 0 saturated carbocycles. The van der Waals surface area contributed by atoms with E-state index in [4.69, 9.17) is 4.42 Å². The number of carbonyl (C=O) groups is 3. The number of Topliss-reactive ketones (excluding diaryl/α,β-unsaturated/α-hetero) is 1. The lowest BCUT2D eigenvalue weighted by molar-refractivity contribution is -0.135. The van der Waals surface area contributed by atoms with E-state index in [1.807, 2.05) is 0 Å². The van der Waals surface area contributed by atoms with Crippen LogP contribution in [-0.2, 0) is 25.2 Å². The molecule has 2 aromatic heterocycles. The number of nitrogens with one attached hydrogen (secondary N) is 1. The van der Waals surface area contributed by atoms with Gasteiger partial charge in [0.05, 0.1) is 23.5 Å². The number of hydrogen-bond acceptors (Lipinski definition) is 8. The average molecular weight is 527 g/mol. The maximum Gasteiger partial charge on any atom is 0.268 e. The van der Waals surface area contributed by atoms with Gasteiger partial charge in [0.15, 0.2) is 21.1 Å². The average Bonchev–Trinajstić information content (AvgIpc) is 3.57. The van der Waals surface area contributed by atoms with Crippen molar-refractivity contribution in [2.24, 2.45) is 5.92 Å². The van der Waals surface area contributed by atoms with E-state index in [0.29, 0.717) is 24.2 Å². The van der Waals surface area contributed by atoms with Crippen molar-refractivity contribution in [3.8, 4) is 0 Å². The smallest absolute Gasteiger partial charge is 0.268 e. The Balaban J connectivity index is 1.51. The minimum absolute atomic E-state index is 0.192. The predicted molar refractivity (Wildman–Crippen MR) is 136 cm³/mol. The van der Waals surface area contributed by atoms with Gasteiger partial charge in [0.1, 0.15) is 0 Å². The fraction of sp³-hybridized carbons (Fsp3) is 0.423. The van der Waals surface area contributed by atoms with Crippen molar-refractivity contribution >= 4 is 38.7 Å². The van der Waals surface area contributed by atoms with Crippen LogP contribution in [0, 0.1) is 5.92 Å². The number of rotatable bonds is 11. The molecule has 2 unspecified atom stereocenters. The van der Waals surface area contributed by atoms with E-state index in [0.717, 1.165) is 12.8 Å². The summed E-state index contributed by atoms with van der Waals surface area (Å²) in [4.78, 5) is 49.1. The van der Waals surface area contributed by atoms with Gasteiger partial charge < -0.3 is 14.6 Å². The van der Waals surface area contributed by atoms with E-state index in [-0.39, 0.29) is 36.0 Å². The molecule has 1 aliphatic heterocycles. The quantitative estimate of drug-likeness (QED) is 0.376. The summed E-state index contributed by atoms with van der Waals surface area (Å²) in [7, 11) is -3.74. The highest BCUT2D eigenvalue weighted by atomic mass is 32.2. The highest BCUT2D eigenvalue weighted by molar-refractivity contribution is 7.90. The highest BCUT2D eigenvalue weighted by Gasteiger charge is 2.33. The first-order valence-electron chi connectivity index (χ1n) is 12.3. The molecule has 1 fully saturated rings. The Labute approximate surface area is 215 Å². The molecule has 3 aromatic rings. The van der Waals surface area contributed by atoms with Gasteiger partial charge in [0, 0.05) is 25.7 Å². The number of fused-ring (bicyclic) bond motifs is 1. The van der Waals surface area contributed by atoms with Crippen LogP contribution in [0.4, 0.5) is 0 Å². The summed E-state index contributed by atoms with van der Waals surface area (Å²) in [5, 5.41) is 2.65. The van der Waals surface area contributed by atoms with E-state index in [1.54, 1.807) is 54.3 Å². The van der Waals surface area contributed by atoms with Crippen LogP contribution in [0.1, 0.15) is 48.9 Å². The van der Waals surface area contributed by atoms with Crippen molar-refractivity contribution < 1.29 is 27.2 Å². The zero-order valence-corrected chi connectivity index (χ0v) is 21.4. The standard InChI is InChI=1S/C26H30N4O6S/c1-2-20(23(32)26-29-24-21(36-26)11-8-12-27-24)28-25(33)19(15-22(31)30-13-6-7-14-30)17-37(34,35)16-18-9-4-3-5-10-18/h3-5,8-12,19-20H,2,6-7,13-17H2,1H3,(H,28,33). The SMILES string of the molecule is CCC(NC(=O)C(CC(=O)N1CCCC1)CS(=O)(=O)Cc1ccccc1)C(=O)c1nc2ncccc2o1. The highest BCUT2D eigenvalue weighted by Crippen LogP contribution is 2.19. The lowest BCUT2D eigenvalue weighted by Gasteiger charge is -2.23. The van der Waals surface area contributed by atoms with Gasteiger partial charge in [0.2, 0.25) is 17.6 Å². The van der Waals surface area contributed by atoms with E-state index >= 15 is 0 Å². The number of carbonyl (C=O) groups excluding carboxylic acids is 3. The third-order valence-electron chi connectivity index (χ3n) is 6.35. The molecular formula is C26H30N4O6S. The Hall–Kier alpha value is -3.60. The number of aromatic nitrogens is 2. The van der Waals surface area contributed by atoms with Crippen LogP contribution in [-0.4, -0.2) is 65.8 Å². The molecule has 2 amide bonds. The molecule has 3 heterocycles. The van der Waals surface area contributed by atoms with Crippen molar-refractivity contribution in [1.29, 1.82) is 0 Å². The van der Waals surface area contributed by atoms with Gasteiger partial charge in [-0.05, 0) is 37.0 Å². The van der Waals surface area contributed by atoms with Crippen molar-refractivity contribution in [2.45, 2.75) is 44.4 Å². The molecule has 0 radical (unpaired) electrons. The molecule has 37 heavy (non-hydrogen) atoms. The van der Waals surface area contributed by atoms with Crippen LogP contribution in [0.25, 0.3) is 11.2 Å². The number of oxazole rings is 1. The molecule has 2 atom stereocenters. The summed E-state index contributed by atoms with van der Waals surface area (Å²) in [6.07, 6.45) is 3.25. The molecule has 10 nitrogen and oxygen atoms in total. The topological polar surface area (TPSA) is 140 Å². The Morgan fingerprint density at radius 3 is 2.49 bits per heavy atom. The van der Waals surface area contributed by atoms with Crippen LogP contribution in [0.5, 0.6) is 0 Å². The van der Waals surface area contributed by atoms with E-state index in [2.05, 4.69) is 15.3 Å². The lowest BCUT2D eigenvalue weighted by Crippen LogP contribution is -2.46. The van der Waals surface area contributed by atoms with Crippen LogP contribution < -0.4 is 5.32 Å². The maximum absolute atomic E-state index is 13.3. The molecular weight excluding hydrogens is 496 g/mol. The van der Waals surface area contributed by atoms with Crippen molar-refractivity contribution in [3.05, 3.63) is 60.1 Å². The molecule has 0 aliphatic carbocycles. The molecule has 1 N–H and O–H groups in total. The molecule has 11 heteroatoms. The largest absolute Gasteiger partial charge is 0.432 e. The van der Waals surface area contributed by atoms with Crippen LogP contribution in [0.15, 0.2) is 53.1 Å². The van der Waals surface area contributed by atoms with E-state index in [1.165, 1.54) is 6.20 Å². The van der Waals surface area contributed by atoms with E-state index in [9.17, 15) is 22.8 Å². The first-order valence-corrected chi connectivity index (χ1v) is 14.2. The van der Waals surface area contributed by atoms with Gasteiger partial charge in [-0.15, -0.1) is 0 Å². The van der Waals surface area contributed by atoms with Gasteiger partial charge in [0.25, 0.3) is 5.89 Å². The van der Waals surface area contributed by atoms with Gasteiger partial charge >= 0.3 is 0 Å². The molecule has 0 bridgehead atoms. The van der Waals surface area contributed by atoms with Gasteiger partial charge in [-0.25, -0.2) is 13.4 Å². The lowest BCUT2D eigenvalue weighted by atomic mass is 10.0. The van der Waals surface area contributed by atoms with Crippen LogP contribution in [0.3, 0.4) is 0 Å². The summed E-state index contributed by atoms with van der Waals surface area (Å²) < 4.78 is 31.6. The summed E-state index contributed by atoms with van der Waals surface area (Å²) in [5.41, 5.74) is 1.21. The number of ketones is 1. The molecule has 196 valence electrons. The van der Waals surface area contributed by atoms with Gasteiger partial charge in [-0.1, -0.05) is 37.3 Å². The first-order chi connectivity index (χ1) is 17.8. The van der Waals surface area contributed by atoms with Gasteiger partial charge in [-0.3, -0.25) is 14.4 Å². The number of pyridine rings is 1. The number of amides is 2. The Kier molecular flexibility index (Phi) is 8.32. The van der Waals surface area contributed by atoms with E-state index < -0.39 is 39.2 Å². The minimum atomic E-state index is -3.74. The summed E-state index contributed by atoms with van der Waals surface area (Å²) >= 11 is 0. The molecule has 1 aliphatic rings. The number of sulfone groups is 1. The Morgan fingerprint density at radius 1 is 1.08 bits per heavy atom. The maximum atomic E-state index is 13.3. The molecule has 1 saturated heterocycles. The summed E-state index contributed by atoms with van der Waals surface area (Å²) in [6.45, 7) is 2.89. The second kappa shape index (κ2) is 11.6. The number of benzene rings is 1. The zero-order valence-electron chi connectivity index (χ0n) is 20.6. The monoisotopic (exact) mass is 526 g/mol. The predicted octanol–water partition coefficient (Wildman–Crippen LogP) is 2.54. The molecule has 0 spiro atoms. The van der Waals surface area contributed by atoms with Crippen molar-refractivity contribution in [1.82, 2.24) is 20.2 Å². The third kappa shape index (κ3) is 6.79. The molecule has 1 aromatic carbocycles. The van der Waals surface area contributed by atoms with Crippen molar-refractivity contribution in [2.75, 3.05) is 18.8 Å². The fourth-order valence-corrected chi connectivity index (χ4v) is 6.09. The fourth-order valence-electron chi connectivity index (χ4n) is 4.39. The first kappa shape index (κ1) is 26.5. The summed E-state index contributed by atoms with van der Waals surface area (Å²) in [6, 6.07) is 10.9.